The standard InChI is InChI=1S/C22H18FN3O3/c1-29-19-11-5-3-8-16(19)14-26-21(27)17-9-6-12-24-20(17)25(22(26)28)13-15-7-2-4-10-18(15)23/h2-12H,13-14H2,1H3. The molecule has 6 nitrogen and oxygen atoms in total. The van der Waals surface area contributed by atoms with Crippen LogP contribution in [0.2, 0.25) is 0 Å². The summed E-state index contributed by atoms with van der Waals surface area (Å²) < 4.78 is 22.0. The molecule has 0 atom stereocenters. The highest BCUT2D eigenvalue weighted by Gasteiger charge is 2.16. The Balaban J connectivity index is 1.93. The van der Waals surface area contributed by atoms with Crippen molar-refractivity contribution >= 4 is 11.0 Å². The molecule has 0 saturated heterocycles. The van der Waals surface area contributed by atoms with Gasteiger partial charge in [-0.1, -0.05) is 36.4 Å². The van der Waals surface area contributed by atoms with E-state index in [0.717, 1.165) is 4.57 Å². The zero-order valence-electron chi connectivity index (χ0n) is 15.7. The first-order valence-corrected chi connectivity index (χ1v) is 9.04. The molecule has 4 rings (SSSR count). The number of benzene rings is 2. The number of hydrogen-bond donors (Lipinski definition) is 0. The van der Waals surface area contributed by atoms with Gasteiger partial charge in [-0.25, -0.2) is 14.2 Å². The Bertz CT molecular complexity index is 1310. The minimum Gasteiger partial charge on any atom is -0.496 e. The smallest absolute Gasteiger partial charge is 0.333 e. The number of rotatable bonds is 5. The first-order valence-electron chi connectivity index (χ1n) is 9.04. The summed E-state index contributed by atoms with van der Waals surface area (Å²) in [6.45, 7) is -0.00495. The summed E-state index contributed by atoms with van der Waals surface area (Å²) in [4.78, 5) is 30.5. The van der Waals surface area contributed by atoms with E-state index in [0.29, 0.717) is 22.3 Å². The van der Waals surface area contributed by atoms with Crippen molar-refractivity contribution < 1.29 is 9.13 Å². The van der Waals surface area contributed by atoms with Crippen LogP contribution in [0, 0.1) is 5.82 Å². The van der Waals surface area contributed by atoms with Gasteiger partial charge in [0, 0.05) is 17.3 Å². The molecule has 7 heteroatoms. The van der Waals surface area contributed by atoms with Crippen LogP contribution < -0.4 is 16.0 Å². The maximum Gasteiger partial charge on any atom is 0.333 e. The molecule has 29 heavy (non-hydrogen) atoms. The largest absolute Gasteiger partial charge is 0.496 e. The van der Waals surface area contributed by atoms with E-state index in [1.807, 2.05) is 12.1 Å². The van der Waals surface area contributed by atoms with Crippen LogP contribution in [-0.2, 0) is 13.1 Å². The van der Waals surface area contributed by atoms with Crippen molar-refractivity contribution in [2.24, 2.45) is 0 Å². The van der Waals surface area contributed by atoms with Gasteiger partial charge in [0.05, 0.1) is 25.6 Å². The molecule has 0 radical (unpaired) electrons. The van der Waals surface area contributed by atoms with Crippen molar-refractivity contribution in [2.75, 3.05) is 7.11 Å². The topological polar surface area (TPSA) is 66.1 Å². The SMILES string of the molecule is COc1ccccc1Cn1c(=O)c2cccnc2n(Cc2ccccc2F)c1=O. The van der Waals surface area contributed by atoms with Crippen LogP contribution in [0.15, 0.2) is 76.4 Å². The molecule has 0 unspecified atom stereocenters. The number of fused-ring (bicyclic) bond motifs is 1. The summed E-state index contributed by atoms with van der Waals surface area (Å²) >= 11 is 0. The minimum atomic E-state index is -0.560. The van der Waals surface area contributed by atoms with Gasteiger partial charge in [0.25, 0.3) is 5.56 Å². The van der Waals surface area contributed by atoms with Crippen LogP contribution >= 0.6 is 0 Å². The number of methoxy groups -OCH3 is 1. The highest BCUT2D eigenvalue weighted by Crippen LogP contribution is 2.18. The summed E-state index contributed by atoms with van der Waals surface area (Å²) in [6.07, 6.45) is 1.50. The predicted molar refractivity (Wildman–Crippen MR) is 108 cm³/mol. The predicted octanol–water partition coefficient (Wildman–Crippen LogP) is 2.80. The highest BCUT2D eigenvalue weighted by molar-refractivity contribution is 5.73. The zero-order chi connectivity index (χ0) is 20.4. The molecule has 4 aromatic rings. The summed E-state index contributed by atoms with van der Waals surface area (Å²) in [5.74, 6) is 0.150. The number of pyridine rings is 1. The van der Waals surface area contributed by atoms with Crippen molar-refractivity contribution in [2.45, 2.75) is 13.1 Å². The van der Waals surface area contributed by atoms with E-state index in [1.165, 1.54) is 23.9 Å². The molecular formula is C22H18FN3O3. The van der Waals surface area contributed by atoms with E-state index >= 15 is 0 Å². The monoisotopic (exact) mass is 391 g/mol. The molecule has 2 heterocycles. The quantitative estimate of drug-likeness (QED) is 0.525. The first-order chi connectivity index (χ1) is 14.1. The van der Waals surface area contributed by atoms with Crippen molar-refractivity contribution in [1.82, 2.24) is 14.1 Å². The van der Waals surface area contributed by atoms with E-state index in [1.54, 1.807) is 42.5 Å². The lowest BCUT2D eigenvalue weighted by atomic mass is 10.2. The van der Waals surface area contributed by atoms with Gasteiger partial charge in [-0.2, -0.15) is 0 Å². The number of ether oxygens (including phenoxy) is 1. The lowest BCUT2D eigenvalue weighted by Gasteiger charge is -2.15. The Hall–Kier alpha value is -3.74. The van der Waals surface area contributed by atoms with Gasteiger partial charge in [0.2, 0.25) is 0 Å². The lowest BCUT2D eigenvalue weighted by Crippen LogP contribution is -2.41. The molecule has 146 valence electrons. The third-order valence-corrected chi connectivity index (χ3v) is 4.79. The summed E-state index contributed by atoms with van der Waals surface area (Å²) in [5.41, 5.74) is 0.241. The second kappa shape index (κ2) is 7.71. The van der Waals surface area contributed by atoms with Gasteiger partial charge in [-0.3, -0.25) is 13.9 Å². The molecule has 0 saturated carbocycles. The Kier molecular flexibility index (Phi) is 4.95. The van der Waals surface area contributed by atoms with Crippen LogP contribution in [0.5, 0.6) is 5.75 Å². The number of halogens is 1. The Morgan fingerprint density at radius 2 is 1.59 bits per heavy atom. The summed E-state index contributed by atoms with van der Waals surface area (Å²) in [5, 5.41) is 0.290. The molecule has 0 spiro atoms. The van der Waals surface area contributed by atoms with E-state index < -0.39 is 17.1 Å². The second-order valence-corrected chi connectivity index (χ2v) is 6.54. The third kappa shape index (κ3) is 3.42. The van der Waals surface area contributed by atoms with Crippen molar-refractivity contribution in [3.63, 3.8) is 0 Å². The van der Waals surface area contributed by atoms with Crippen molar-refractivity contribution in [3.8, 4) is 5.75 Å². The highest BCUT2D eigenvalue weighted by atomic mass is 19.1. The number of para-hydroxylation sites is 1. The second-order valence-electron chi connectivity index (χ2n) is 6.54. The van der Waals surface area contributed by atoms with Crippen LogP contribution in [0.3, 0.4) is 0 Å². The van der Waals surface area contributed by atoms with Gasteiger partial charge >= 0.3 is 5.69 Å². The minimum absolute atomic E-state index is 0.0315. The number of hydrogen-bond acceptors (Lipinski definition) is 4. The average Bonchev–Trinajstić information content (AvgIpc) is 2.75. The maximum atomic E-state index is 14.2. The van der Waals surface area contributed by atoms with Crippen LogP contribution in [0.1, 0.15) is 11.1 Å². The fourth-order valence-corrected chi connectivity index (χ4v) is 3.33. The molecular weight excluding hydrogens is 373 g/mol. The number of nitrogens with zero attached hydrogens (tertiary/aromatic N) is 3. The Morgan fingerprint density at radius 3 is 2.34 bits per heavy atom. The van der Waals surface area contributed by atoms with E-state index in [-0.39, 0.29) is 18.7 Å². The molecule has 2 aromatic carbocycles. The zero-order valence-corrected chi connectivity index (χ0v) is 15.7. The molecule has 0 aliphatic carbocycles. The average molecular weight is 391 g/mol. The molecule has 0 N–H and O–H groups in total. The first kappa shape index (κ1) is 18.6. The molecule has 0 aliphatic rings. The van der Waals surface area contributed by atoms with Crippen molar-refractivity contribution in [3.05, 3.63) is 105 Å². The fourth-order valence-electron chi connectivity index (χ4n) is 3.33. The molecule has 0 amide bonds. The molecule has 0 fully saturated rings. The van der Waals surface area contributed by atoms with Crippen molar-refractivity contribution in [1.29, 1.82) is 0 Å². The van der Waals surface area contributed by atoms with Gasteiger partial charge in [0.1, 0.15) is 17.2 Å². The van der Waals surface area contributed by atoms with Crippen LogP contribution in [0.25, 0.3) is 11.0 Å². The van der Waals surface area contributed by atoms with E-state index in [9.17, 15) is 14.0 Å². The van der Waals surface area contributed by atoms with Gasteiger partial charge < -0.3 is 4.74 Å². The fraction of sp³-hybridized carbons (Fsp3) is 0.136. The summed E-state index contributed by atoms with van der Waals surface area (Å²) in [6, 6.07) is 16.6. The van der Waals surface area contributed by atoms with Gasteiger partial charge in [-0.15, -0.1) is 0 Å². The molecule has 0 bridgehead atoms. The Labute approximate surface area is 165 Å². The normalized spacial score (nSPS) is 11.0. The third-order valence-electron chi connectivity index (χ3n) is 4.79. The van der Waals surface area contributed by atoms with Gasteiger partial charge in [-0.05, 0) is 24.3 Å². The Morgan fingerprint density at radius 1 is 0.897 bits per heavy atom. The molecule has 0 aliphatic heterocycles. The lowest BCUT2D eigenvalue weighted by molar-refractivity contribution is 0.407. The summed E-state index contributed by atoms with van der Waals surface area (Å²) in [7, 11) is 1.53. The molecule has 2 aromatic heterocycles. The van der Waals surface area contributed by atoms with Crippen LogP contribution in [-0.4, -0.2) is 21.2 Å². The van der Waals surface area contributed by atoms with Crippen LogP contribution in [0.4, 0.5) is 4.39 Å². The number of aromatic nitrogens is 3. The maximum absolute atomic E-state index is 14.2. The van der Waals surface area contributed by atoms with E-state index in [2.05, 4.69) is 4.98 Å². The van der Waals surface area contributed by atoms with Gasteiger partial charge in [0.15, 0.2) is 0 Å². The van der Waals surface area contributed by atoms with E-state index in [4.69, 9.17) is 4.74 Å².